The van der Waals surface area contributed by atoms with Crippen LogP contribution >= 0.6 is 0 Å². The second-order valence-corrected chi connectivity index (χ2v) is 3.63. The lowest BCUT2D eigenvalue weighted by molar-refractivity contribution is 0.109. The lowest BCUT2D eigenvalue weighted by Gasteiger charge is -2.07. The number of aromatic nitrogens is 1. The van der Waals surface area contributed by atoms with Crippen molar-refractivity contribution in [3.8, 4) is 11.7 Å². The molecular weight excluding hydrogens is 218 g/mol. The minimum Gasteiger partial charge on any atom is -0.424 e. The fourth-order valence-electron chi connectivity index (χ4n) is 1.50. The summed E-state index contributed by atoms with van der Waals surface area (Å²) in [7, 11) is 0. The van der Waals surface area contributed by atoms with Crippen LogP contribution in [0.4, 0.5) is 0 Å². The minimum atomic E-state index is 0.248. The Kier molecular flexibility index (Phi) is 3.23. The van der Waals surface area contributed by atoms with Crippen molar-refractivity contribution in [2.45, 2.75) is 20.3 Å². The average molecular weight is 231 g/mol. The summed E-state index contributed by atoms with van der Waals surface area (Å²) in [6.07, 6.45) is 1.42. The van der Waals surface area contributed by atoms with Gasteiger partial charge in [0.2, 0.25) is 0 Å². The molecule has 4 heteroatoms. The number of hydrogen-bond donors (Lipinski definition) is 0. The number of hydrogen-bond acceptors (Lipinski definition) is 4. The van der Waals surface area contributed by atoms with E-state index in [0.717, 1.165) is 17.8 Å². The largest absolute Gasteiger partial charge is 0.424 e. The molecule has 0 aliphatic rings. The summed E-state index contributed by atoms with van der Waals surface area (Å²) in [5.41, 5.74) is 1.82. The van der Waals surface area contributed by atoms with Crippen molar-refractivity contribution < 1.29 is 13.9 Å². The quantitative estimate of drug-likeness (QED) is 0.758. The van der Waals surface area contributed by atoms with Crippen molar-refractivity contribution in [2.75, 3.05) is 0 Å². The molecule has 0 radical (unpaired) electrons. The number of furan rings is 1. The van der Waals surface area contributed by atoms with E-state index in [1.165, 1.54) is 0 Å². The molecule has 0 saturated carbocycles. The molecule has 88 valence electrons. The number of carbonyl (C=O) groups is 1. The first-order chi connectivity index (χ1) is 8.22. The molecule has 0 aliphatic heterocycles. The Morgan fingerprint density at radius 2 is 2.18 bits per heavy atom. The molecule has 2 aromatic rings. The minimum absolute atomic E-state index is 0.248. The summed E-state index contributed by atoms with van der Waals surface area (Å²) < 4.78 is 10.7. The maximum atomic E-state index is 10.5. The number of ether oxygens (including phenoxy) is 1. The van der Waals surface area contributed by atoms with Crippen molar-refractivity contribution in [3.05, 3.63) is 41.4 Å². The second-order valence-electron chi connectivity index (χ2n) is 3.63. The average Bonchev–Trinajstić information content (AvgIpc) is 2.79. The summed E-state index contributed by atoms with van der Waals surface area (Å²) in [6, 6.07) is 6.90. The highest BCUT2D eigenvalue weighted by Crippen LogP contribution is 2.26. The van der Waals surface area contributed by atoms with E-state index >= 15 is 0 Å². The first-order valence-corrected chi connectivity index (χ1v) is 5.42. The van der Waals surface area contributed by atoms with Crippen LogP contribution in [-0.4, -0.2) is 11.3 Å². The molecule has 0 aliphatic carbocycles. The van der Waals surface area contributed by atoms with Crippen LogP contribution in [0.15, 0.2) is 28.7 Å². The third-order valence-corrected chi connectivity index (χ3v) is 2.34. The zero-order valence-corrected chi connectivity index (χ0v) is 9.77. The van der Waals surface area contributed by atoms with Gasteiger partial charge in [0.25, 0.3) is 5.95 Å². The molecule has 0 amide bonds. The van der Waals surface area contributed by atoms with Gasteiger partial charge in [-0.3, -0.25) is 9.78 Å². The first-order valence-electron chi connectivity index (χ1n) is 5.42. The molecule has 0 N–H and O–H groups in total. The zero-order valence-electron chi connectivity index (χ0n) is 9.77. The highest BCUT2D eigenvalue weighted by Gasteiger charge is 2.08. The molecule has 2 heterocycles. The standard InChI is InChI=1S/C13H13NO3/c1-3-11-12(6-4-9(2)14-11)17-13-7-5-10(8-15)16-13/h4-8H,3H2,1-2H3. The molecule has 2 aromatic heterocycles. The number of nitrogens with zero attached hydrogens (tertiary/aromatic N) is 1. The number of rotatable bonds is 4. The number of carbonyl (C=O) groups excluding carboxylic acids is 1. The molecule has 4 nitrogen and oxygen atoms in total. The van der Waals surface area contributed by atoms with Crippen LogP contribution in [0.2, 0.25) is 0 Å². The van der Waals surface area contributed by atoms with E-state index < -0.39 is 0 Å². The van der Waals surface area contributed by atoms with E-state index in [0.29, 0.717) is 18.0 Å². The predicted octanol–water partition coefficient (Wildman–Crippen LogP) is 3.15. The van der Waals surface area contributed by atoms with Crippen molar-refractivity contribution in [2.24, 2.45) is 0 Å². The van der Waals surface area contributed by atoms with Gasteiger partial charge >= 0.3 is 0 Å². The van der Waals surface area contributed by atoms with Gasteiger partial charge in [0.1, 0.15) is 0 Å². The van der Waals surface area contributed by atoms with E-state index in [4.69, 9.17) is 9.15 Å². The normalized spacial score (nSPS) is 10.2. The molecule has 0 saturated heterocycles. The first kappa shape index (κ1) is 11.4. The maximum absolute atomic E-state index is 10.5. The van der Waals surface area contributed by atoms with Gasteiger partial charge in [0.05, 0.1) is 5.69 Å². The maximum Gasteiger partial charge on any atom is 0.290 e. The van der Waals surface area contributed by atoms with E-state index in [-0.39, 0.29) is 5.76 Å². The smallest absolute Gasteiger partial charge is 0.290 e. The van der Waals surface area contributed by atoms with Gasteiger partial charge in [-0.25, -0.2) is 0 Å². The third-order valence-electron chi connectivity index (χ3n) is 2.34. The lowest BCUT2D eigenvalue weighted by Crippen LogP contribution is -1.95. The number of aryl methyl sites for hydroxylation is 2. The van der Waals surface area contributed by atoms with Gasteiger partial charge in [-0.05, 0) is 31.5 Å². The Bertz CT molecular complexity index is 531. The molecule has 0 aromatic carbocycles. The summed E-state index contributed by atoms with van der Waals surface area (Å²) in [4.78, 5) is 14.9. The van der Waals surface area contributed by atoms with E-state index in [2.05, 4.69) is 4.98 Å². The SMILES string of the molecule is CCc1nc(C)ccc1Oc1ccc(C=O)o1. The van der Waals surface area contributed by atoms with Gasteiger partial charge in [-0.2, -0.15) is 0 Å². The lowest BCUT2D eigenvalue weighted by atomic mass is 10.2. The van der Waals surface area contributed by atoms with E-state index in [9.17, 15) is 4.79 Å². The Balaban J connectivity index is 2.25. The van der Waals surface area contributed by atoms with Gasteiger partial charge < -0.3 is 9.15 Å². The van der Waals surface area contributed by atoms with Gasteiger partial charge in [0, 0.05) is 11.8 Å². The fourth-order valence-corrected chi connectivity index (χ4v) is 1.50. The van der Waals surface area contributed by atoms with Gasteiger partial charge in [-0.1, -0.05) is 6.92 Å². The highest BCUT2D eigenvalue weighted by atomic mass is 16.6. The van der Waals surface area contributed by atoms with Gasteiger partial charge in [-0.15, -0.1) is 0 Å². The molecule has 17 heavy (non-hydrogen) atoms. The summed E-state index contributed by atoms with van der Waals surface area (Å²) in [5, 5.41) is 0. The monoisotopic (exact) mass is 231 g/mol. The van der Waals surface area contributed by atoms with Crippen LogP contribution in [0.25, 0.3) is 0 Å². The van der Waals surface area contributed by atoms with Crippen molar-refractivity contribution in [3.63, 3.8) is 0 Å². The predicted molar refractivity (Wildman–Crippen MR) is 62.5 cm³/mol. The zero-order chi connectivity index (χ0) is 12.3. The van der Waals surface area contributed by atoms with Crippen molar-refractivity contribution in [1.29, 1.82) is 0 Å². The van der Waals surface area contributed by atoms with E-state index in [1.807, 2.05) is 26.0 Å². The fraction of sp³-hybridized carbons (Fsp3) is 0.231. The second kappa shape index (κ2) is 4.82. The van der Waals surface area contributed by atoms with Crippen LogP contribution in [0.5, 0.6) is 11.7 Å². The third kappa shape index (κ3) is 2.53. The van der Waals surface area contributed by atoms with Crippen LogP contribution in [-0.2, 0) is 6.42 Å². The van der Waals surface area contributed by atoms with Crippen LogP contribution in [0.3, 0.4) is 0 Å². The van der Waals surface area contributed by atoms with Gasteiger partial charge in [0.15, 0.2) is 17.8 Å². The summed E-state index contributed by atoms with van der Waals surface area (Å²) >= 11 is 0. The number of aldehydes is 1. The van der Waals surface area contributed by atoms with Crippen molar-refractivity contribution in [1.82, 2.24) is 4.98 Å². The Hall–Kier alpha value is -2.10. The Morgan fingerprint density at radius 1 is 1.35 bits per heavy atom. The Morgan fingerprint density at radius 3 is 2.82 bits per heavy atom. The topological polar surface area (TPSA) is 52.3 Å². The van der Waals surface area contributed by atoms with Crippen LogP contribution < -0.4 is 4.74 Å². The molecule has 2 rings (SSSR count). The number of pyridine rings is 1. The molecule has 0 unspecified atom stereocenters. The highest BCUT2D eigenvalue weighted by molar-refractivity contribution is 5.70. The molecule has 0 spiro atoms. The molecule has 0 fully saturated rings. The van der Waals surface area contributed by atoms with Crippen LogP contribution in [0.1, 0.15) is 28.9 Å². The Labute approximate surface area is 99.2 Å². The summed E-state index contributed by atoms with van der Waals surface area (Å²) in [5.74, 6) is 1.20. The van der Waals surface area contributed by atoms with Crippen molar-refractivity contribution >= 4 is 6.29 Å². The molecular formula is C13H13NO3. The summed E-state index contributed by atoms with van der Waals surface area (Å²) in [6.45, 7) is 3.94. The van der Waals surface area contributed by atoms with E-state index in [1.54, 1.807) is 12.1 Å². The van der Waals surface area contributed by atoms with Crippen LogP contribution in [0, 0.1) is 6.92 Å². The molecule has 0 atom stereocenters. The molecule has 0 bridgehead atoms.